The van der Waals surface area contributed by atoms with Crippen LogP contribution in [0.3, 0.4) is 0 Å². The standard InChI is InChI=1S/C12H8ClNO3/c13-9-4-2-1-3-7(9)10-6-5-8(12(16)17)11(15)14-10/h1-6H,(H,14,15)(H,16,17). The fourth-order valence-corrected chi connectivity index (χ4v) is 1.72. The topological polar surface area (TPSA) is 70.2 Å². The van der Waals surface area contributed by atoms with Crippen LogP contribution in [0.5, 0.6) is 0 Å². The molecule has 86 valence electrons. The number of nitrogens with one attached hydrogen (secondary N) is 1. The van der Waals surface area contributed by atoms with Crippen LogP contribution in [0.4, 0.5) is 0 Å². The molecule has 0 spiro atoms. The molecule has 2 rings (SSSR count). The number of pyridine rings is 1. The number of benzene rings is 1. The summed E-state index contributed by atoms with van der Waals surface area (Å²) in [4.78, 5) is 24.7. The van der Waals surface area contributed by atoms with Gasteiger partial charge in [0.2, 0.25) is 0 Å². The number of carbonyl (C=O) groups is 1. The summed E-state index contributed by atoms with van der Waals surface area (Å²) in [5.74, 6) is -1.25. The van der Waals surface area contributed by atoms with Crippen molar-refractivity contribution < 1.29 is 9.90 Å². The lowest BCUT2D eigenvalue weighted by atomic mass is 10.1. The Morgan fingerprint density at radius 2 is 1.88 bits per heavy atom. The second-order valence-corrected chi connectivity index (χ2v) is 3.81. The Hall–Kier alpha value is -2.07. The molecule has 0 saturated carbocycles. The molecule has 0 radical (unpaired) electrons. The van der Waals surface area contributed by atoms with Crippen molar-refractivity contribution in [2.24, 2.45) is 0 Å². The number of carboxylic acids is 1. The van der Waals surface area contributed by atoms with E-state index in [1.54, 1.807) is 24.3 Å². The Morgan fingerprint density at radius 3 is 2.47 bits per heavy atom. The number of hydrogen-bond acceptors (Lipinski definition) is 2. The number of rotatable bonds is 2. The van der Waals surface area contributed by atoms with Crippen molar-refractivity contribution in [3.63, 3.8) is 0 Å². The molecule has 2 N–H and O–H groups in total. The quantitative estimate of drug-likeness (QED) is 0.859. The van der Waals surface area contributed by atoms with Gasteiger partial charge < -0.3 is 10.1 Å². The van der Waals surface area contributed by atoms with Crippen LogP contribution in [0.15, 0.2) is 41.2 Å². The Bertz CT molecular complexity index is 634. The molecule has 0 aliphatic carbocycles. The van der Waals surface area contributed by atoms with Crippen LogP contribution in [-0.2, 0) is 0 Å². The van der Waals surface area contributed by atoms with Crippen LogP contribution >= 0.6 is 11.6 Å². The zero-order valence-electron chi connectivity index (χ0n) is 8.61. The molecule has 5 heteroatoms. The van der Waals surface area contributed by atoms with Crippen molar-refractivity contribution in [3.8, 4) is 11.3 Å². The molecule has 2 aromatic rings. The number of hydrogen-bond donors (Lipinski definition) is 2. The lowest BCUT2D eigenvalue weighted by Gasteiger charge is -2.04. The summed E-state index contributed by atoms with van der Waals surface area (Å²) in [5, 5.41) is 9.23. The van der Waals surface area contributed by atoms with Crippen molar-refractivity contribution in [1.29, 1.82) is 0 Å². The van der Waals surface area contributed by atoms with Gasteiger partial charge in [0, 0.05) is 16.3 Å². The van der Waals surface area contributed by atoms with E-state index in [-0.39, 0.29) is 5.56 Å². The summed E-state index contributed by atoms with van der Waals surface area (Å²) >= 11 is 5.98. The highest BCUT2D eigenvalue weighted by atomic mass is 35.5. The van der Waals surface area contributed by atoms with E-state index in [0.29, 0.717) is 16.3 Å². The SMILES string of the molecule is O=C(O)c1ccc(-c2ccccc2Cl)[nH]c1=O. The minimum absolute atomic E-state index is 0.291. The summed E-state index contributed by atoms with van der Waals surface area (Å²) in [6, 6.07) is 9.78. The maximum absolute atomic E-state index is 11.5. The van der Waals surface area contributed by atoms with Gasteiger partial charge in [-0.3, -0.25) is 4.79 Å². The van der Waals surface area contributed by atoms with Gasteiger partial charge in [-0.1, -0.05) is 29.8 Å². The molecule has 1 aromatic heterocycles. The highest BCUT2D eigenvalue weighted by Gasteiger charge is 2.10. The minimum Gasteiger partial charge on any atom is -0.477 e. The van der Waals surface area contributed by atoms with Crippen molar-refractivity contribution in [1.82, 2.24) is 4.98 Å². The third-order valence-corrected chi connectivity index (χ3v) is 2.63. The average Bonchev–Trinajstić information content (AvgIpc) is 2.29. The minimum atomic E-state index is -1.25. The van der Waals surface area contributed by atoms with Crippen LogP contribution in [0.1, 0.15) is 10.4 Å². The Kier molecular flexibility index (Phi) is 2.97. The van der Waals surface area contributed by atoms with Crippen molar-refractivity contribution in [3.05, 3.63) is 57.3 Å². The third kappa shape index (κ3) is 2.21. The van der Waals surface area contributed by atoms with Gasteiger partial charge in [0.15, 0.2) is 0 Å². The lowest BCUT2D eigenvalue weighted by molar-refractivity contribution is 0.0695. The Labute approximate surface area is 101 Å². The van der Waals surface area contributed by atoms with E-state index in [1.165, 1.54) is 12.1 Å². The first-order valence-corrected chi connectivity index (χ1v) is 5.19. The smallest absolute Gasteiger partial charge is 0.341 e. The van der Waals surface area contributed by atoms with E-state index in [1.807, 2.05) is 0 Å². The molecule has 0 aliphatic heterocycles. The van der Waals surface area contributed by atoms with E-state index in [4.69, 9.17) is 16.7 Å². The normalized spacial score (nSPS) is 10.2. The molecule has 0 aliphatic rings. The summed E-state index contributed by atoms with van der Waals surface area (Å²) in [6.45, 7) is 0. The number of aromatic carboxylic acids is 1. The molecule has 0 bridgehead atoms. The van der Waals surface area contributed by atoms with Crippen molar-refractivity contribution >= 4 is 17.6 Å². The average molecular weight is 250 g/mol. The zero-order chi connectivity index (χ0) is 12.4. The third-order valence-electron chi connectivity index (χ3n) is 2.30. The molecule has 0 fully saturated rings. The fourth-order valence-electron chi connectivity index (χ4n) is 1.48. The molecular formula is C12H8ClNO3. The molecule has 1 heterocycles. The summed E-state index contributed by atoms with van der Waals surface area (Å²) < 4.78 is 0. The molecule has 0 atom stereocenters. The van der Waals surface area contributed by atoms with Crippen LogP contribution in [0.25, 0.3) is 11.3 Å². The molecule has 1 aromatic carbocycles. The number of halogens is 1. The van der Waals surface area contributed by atoms with Crippen LogP contribution < -0.4 is 5.56 Å². The van der Waals surface area contributed by atoms with Crippen LogP contribution in [0.2, 0.25) is 5.02 Å². The zero-order valence-corrected chi connectivity index (χ0v) is 9.36. The second kappa shape index (κ2) is 4.43. The maximum atomic E-state index is 11.5. The largest absolute Gasteiger partial charge is 0.477 e. The van der Waals surface area contributed by atoms with Gasteiger partial charge in [0.05, 0.1) is 0 Å². The highest BCUT2D eigenvalue weighted by molar-refractivity contribution is 6.33. The summed E-state index contributed by atoms with van der Waals surface area (Å²) in [7, 11) is 0. The van der Waals surface area contributed by atoms with Gasteiger partial charge in [-0.15, -0.1) is 0 Å². The van der Waals surface area contributed by atoms with Crippen LogP contribution in [0, 0.1) is 0 Å². The van der Waals surface area contributed by atoms with Gasteiger partial charge in [0.25, 0.3) is 5.56 Å². The molecule has 0 unspecified atom stereocenters. The number of aromatic amines is 1. The first kappa shape index (κ1) is 11.4. The fraction of sp³-hybridized carbons (Fsp3) is 0. The first-order valence-electron chi connectivity index (χ1n) is 4.81. The monoisotopic (exact) mass is 249 g/mol. The predicted molar refractivity (Wildman–Crippen MR) is 64.5 cm³/mol. The van der Waals surface area contributed by atoms with E-state index < -0.39 is 11.5 Å². The summed E-state index contributed by atoms with van der Waals surface area (Å²) in [5.41, 5.74) is 0.213. The van der Waals surface area contributed by atoms with Gasteiger partial charge >= 0.3 is 5.97 Å². The van der Waals surface area contributed by atoms with Crippen LogP contribution in [-0.4, -0.2) is 16.1 Å². The lowest BCUT2D eigenvalue weighted by Crippen LogP contribution is -2.17. The molecule has 17 heavy (non-hydrogen) atoms. The number of H-pyrrole nitrogens is 1. The van der Waals surface area contributed by atoms with Crippen molar-refractivity contribution in [2.45, 2.75) is 0 Å². The first-order chi connectivity index (χ1) is 8.09. The maximum Gasteiger partial charge on any atom is 0.341 e. The van der Waals surface area contributed by atoms with E-state index >= 15 is 0 Å². The van der Waals surface area contributed by atoms with Gasteiger partial charge in [0.1, 0.15) is 5.56 Å². The molecule has 0 saturated heterocycles. The van der Waals surface area contributed by atoms with Crippen molar-refractivity contribution in [2.75, 3.05) is 0 Å². The van der Waals surface area contributed by atoms with Gasteiger partial charge in [-0.25, -0.2) is 4.79 Å². The number of aromatic nitrogens is 1. The summed E-state index contributed by atoms with van der Waals surface area (Å²) in [6.07, 6.45) is 0. The van der Waals surface area contributed by atoms with E-state index in [0.717, 1.165) is 0 Å². The predicted octanol–water partition coefficient (Wildman–Crippen LogP) is 2.39. The van der Waals surface area contributed by atoms with E-state index in [9.17, 15) is 9.59 Å². The van der Waals surface area contributed by atoms with Gasteiger partial charge in [-0.2, -0.15) is 0 Å². The van der Waals surface area contributed by atoms with Gasteiger partial charge in [-0.05, 0) is 18.2 Å². The highest BCUT2D eigenvalue weighted by Crippen LogP contribution is 2.24. The van der Waals surface area contributed by atoms with E-state index in [2.05, 4.69) is 4.98 Å². The second-order valence-electron chi connectivity index (χ2n) is 3.40. The molecular weight excluding hydrogens is 242 g/mol. The molecule has 4 nitrogen and oxygen atoms in total. The molecule has 0 amide bonds. The number of carboxylic acid groups (broad SMARTS) is 1. The Morgan fingerprint density at radius 1 is 1.18 bits per heavy atom. The Balaban J connectivity index is 2.57.